The molecular formula is C24H22FNO3. The molecule has 4 nitrogen and oxygen atoms in total. The molecule has 3 aromatic carbocycles. The van der Waals surface area contributed by atoms with E-state index in [1.807, 2.05) is 31.2 Å². The van der Waals surface area contributed by atoms with Gasteiger partial charge in [0, 0.05) is 17.7 Å². The average molecular weight is 391 g/mol. The third kappa shape index (κ3) is 5.75. The molecule has 0 aliphatic heterocycles. The number of nitrogens with one attached hydrogen (secondary N) is 1. The van der Waals surface area contributed by atoms with Crippen molar-refractivity contribution in [2.24, 2.45) is 0 Å². The van der Waals surface area contributed by atoms with Crippen LogP contribution in [0.5, 0.6) is 5.75 Å². The highest BCUT2D eigenvalue weighted by molar-refractivity contribution is 6.09. The fraction of sp³-hybridized carbons (Fsp3) is 0.167. The number of carbonyl (C=O) groups excluding carboxylic acids is 2. The average Bonchev–Trinajstić information content (AvgIpc) is 2.74. The van der Waals surface area contributed by atoms with E-state index < -0.39 is 0 Å². The Bertz CT molecular complexity index is 982. The molecular weight excluding hydrogens is 369 g/mol. The lowest BCUT2D eigenvalue weighted by Gasteiger charge is -2.09. The van der Waals surface area contributed by atoms with Crippen LogP contribution in [0.4, 0.5) is 4.39 Å². The Kier molecular flexibility index (Phi) is 6.74. The van der Waals surface area contributed by atoms with Crippen LogP contribution in [0.15, 0.2) is 72.8 Å². The van der Waals surface area contributed by atoms with E-state index in [-0.39, 0.29) is 24.1 Å². The van der Waals surface area contributed by atoms with Crippen molar-refractivity contribution in [3.05, 3.63) is 101 Å². The lowest BCUT2D eigenvalue weighted by molar-refractivity contribution is -0.123. The Labute approximate surface area is 169 Å². The van der Waals surface area contributed by atoms with Gasteiger partial charge in [0.2, 0.25) is 0 Å². The number of aryl methyl sites for hydroxylation is 1. The highest BCUT2D eigenvalue weighted by Gasteiger charge is 2.10. The summed E-state index contributed by atoms with van der Waals surface area (Å²) in [5.41, 5.74) is 3.28. The fourth-order valence-corrected chi connectivity index (χ4v) is 2.90. The number of benzene rings is 3. The standard InChI is InChI=1S/C24H22FNO3/c1-17-4-2-3-5-18(17)14-15-26-23(27)16-29-22-12-8-20(9-13-22)24(28)19-6-10-21(25)11-7-19/h2-13H,14-16H2,1H3,(H,26,27). The van der Waals surface area contributed by atoms with E-state index >= 15 is 0 Å². The van der Waals surface area contributed by atoms with Gasteiger partial charge in [0.25, 0.3) is 5.91 Å². The number of ketones is 1. The first-order valence-corrected chi connectivity index (χ1v) is 9.37. The maximum atomic E-state index is 13.0. The molecule has 148 valence electrons. The third-order valence-corrected chi connectivity index (χ3v) is 4.57. The zero-order chi connectivity index (χ0) is 20.6. The molecule has 0 radical (unpaired) electrons. The molecule has 1 N–H and O–H groups in total. The molecule has 3 rings (SSSR count). The second-order valence-electron chi connectivity index (χ2n) is 6.68. The summed E-state index contributed by atoms with van der Waals surface area (Å²) >= 11 is 0. The summed E-state index contributed by atoms with van der Waals surface area (Å²) in [7, 11) is 0. The lowest BCUT2D eigenvalue weighted by Crippen LogP contribution is -2.30. The summed E-state index contributed by atoms with van der Waals surface area (Å²) in [5, 5.41) is 2.84. The molecule has 0 aliphatic carbocycles. The first kappa shape index (κ1) is 20.3. The molecule has 0 fully saturated rings. The van der Waals surface area contributed by atoms with Crippen LogP contribution >= 0.6 is 0 Å². The number of hydrogen-bond donors (Lipinski definition) is 1. The quantitative estimate of drug-likeness (QED) is 0.588. The number of halogens is 1. The van der Waals surface area contributed by atoms with E-state index in [0.717, 1.165) is 6.42 Å². The second kappa shape index (κ2) is 9.64. The first-order chi connectivity index (χ1) is 14.0. The van der Waals surface area contributed by atoms with Crippen molar-refractivity contribution in [3.63, 3.8) is 0 Å². The molecule has 5 heteroatoms. The van der Waals surface area contributed by atoms with E-state index in [1.54, 1.807) is 24.3 Å². The van der Waals surface area contributed by atoms with E-state index in [0.29, 0.717) is 23.4 Å². The van der Waals surface area contributed by atoms with Crippen LogP contribution in [0.2, 0.25) is 0 Å². The molecule has 1 amide bonds. The van der Waals surface area contributed by atoms with Crippen molar-refractivity contribution in [2.45, 2.75) is 13.3 Å². The van der Waals surface area contributed by atoms with Gasteiger partial charge in [-0.25, -0.2) is 4.39 Å². The number of rotatable bonds is 8. The Morgan fingerprint density at radius 3 is 2.17 bits per heavy atom. The molecule has 0 spiro atoms. The zero-order valence-corrected chi connectivity index (χ0v) is 16.2. The minimum atomic E-state index is -0.387. The Morgan fingerprint density at radius 1 is 0.897 bits per heavy atom. The van der Waals surface area contributed by atoms with Crippen LogP contribution in [0, 0.1) is 12.7 Å². The molecule has 0 aliphatic rings. The molecule has 0 atom stereocenters. The Balaban J connectivity index is 1.46. The maximum absolute atomic E-state index is 13.0. The summed E-state index contributed by atoms with van der Waals surface area (Å²) in [6.45, 7) is 2.49. The topological polar surface area (TPSA) is 55.4 Å². The van der Waals surface area contributed by atoms with Crippen LogP contribution < -0.4 is 10.1 Å². The molecule has 0 saturated carbocycles. The van der Waals surface area contributed by atoms with Crippen LogP contribution in [0.1, 0.15) is 27.0 Å². The van der Waals surface area contributed by atoms with Crippen molar-refractivity contribution in [2.75, 3.05) is 13.2 Å². The van der Waals surface area contributed by atoms with Gasteiger partial charge in [0.05, 0.1) is 0 Å². The third-order valence-electron chi connectivity index (χ3n) is 4.57. The number of carbonyl (C=O) groups is 2. The summed E-state index contributed by atoms with van der Waals surface area (Å²) in [6, 6.07) is 20.0. The van der Waals surface area contributed by atoms with Gasteiger partial charge >= 0.3 is 0 Å². The van der Waals surface area contributed by atoms with Gasteiger partial charge in [-0.1, -0.05) is 24.3 Å². The zero-order valence-electron chi connectivity index (χ0n) is 16.2. The predicted octanol–water partition coefficient (Wildman–Crippen LogP) is 4.10. The van der Waals surface area contributed by atoms with Gasteiger partial charge < -0.3 is 10.1 Å². The van der Waals surface area contributed by atoms with Gasteiger partial charge in [-0.15, -0.1) is 0 Å². The van der Waals surface area contributed by atoms with Gasteiger partial charge in [-0.3, -0.25) is 9.59 Å². The molecule has 3 aromatic rings. The first-order valence-electron chi connectivity index (χ1n) is 9.37. The van der Waals surface area contributed by atoms with Gasteiger partial charge in [0.15, 0.2) is 12.4 Å². The summed E-state index contributed by atoms with van der Waals surface area (Å²) in [4.78, 5) is 24.3. The smallest absolute Gasteiger partial charge is 0.257 e. The van der Waals surface area contributed by atoms with Crippen molar-refractivity contribution < 1.29 is 18.7 Å². The van der Waals surface area contributed by atoms with Crippen molar-refractivity contribution in [1.29, 1.82) is 0 Å². The molecule has 0 bridgehead atoms. The summed E-state index contributed by atoms with van der Waals surface area (Å²) < 4.78 is 18.5. The van der Waals surface area contributed by atoms with E-state index in [2.05, 4.69) is 5.32 Å². The van der Waals surface area contributed by atoms with Gasteiger partial charge in [-0.2, -0.15) is 0 Å². The monoisotopic (exact) mass is 391 g/mol. The highest BCUT2D eigenvalue weighted by atomic mass is 19.1. The van der Waals surface area contributed by atoms with Crippen molar-refractivity contribution >= 4 is 11.7 Å². The van der Waals surface area contributed by atoms with E-state index in [9.17, 15) is 14.0 Å². The lowest BCUT2D eigenvalue weighted by atomic mass is 10.0. The minimum Gasteiger partial charge on any atom is -0.484 e. The number of amides is 1. The second-order valence-corrected chi connectivity index (χ2v) is 6.68. The Hall–Kier alpha value is -3.47. The number of ether oxygens (including phenoxy) is 1. The minimum absolute atomic E-state index is 0.0982. The van der Waals surface area contributed by atoms with E-state index in [4.69, 9.17) is 4.74 Å². The van der Waals surface area contributed by atoms with Crippen molar-refractivity contribution in [3.8, 4) is 5.75 Å². The fourth-order valence-electron chi connectivity index (χ4n) is 2.90. The van der Waals surface area contributed by atoms with Crippen molar-refractivity contribution in [1.82, 2.24) is 5.32 Å². The summed E-state index contributed by atoms with van der Waals surface area (Å²) in [6.07, 6.45) is 0.763. The molecule has 29 heavy (non-hydrogen) atoms. The largest absolute Gasteiger partial charge is 0.484 e. The SMILES string of the molecule is Cc1ccccc1CCNC(=O)COc1ccc(C(=O)c2ccc(F)cc2)cc1. The predicted molar refractivity (Wildman–Crippen MR) is 110 cm³/mol. The molecule has 0 saturated heterocycles. The number of hydrogen-bond acceptors (Lipinski definition) is 3. The van der Waals surface area contributed by atoms with Crippen LogP contribution in [0.25, 0.3) is 0 Å². The highest BCUT2D eigenvalue weighted by Crippen LogP contribution is 2.16. The van der Waals surface area contributed by atoms with Crippen LogP contribution in [-0.2, 0) is 11.2 Å². The van der Waals surface area contributed by atoms with Gasteiger partial charge in [-0.05, 0) is 73.0 Å². The maximum Gasteiger partial charge on any atom is 0.257 e. The van der Waals surface area contributed by atoms with Crippen LogP contribution in [-0.4, -0.2) is 24.8 Å². The molecule has 0 unspecified atom stereocenters. The van der Waals surface area contributed by atoms with E-state index in [1.165, 1.54) is 35.4 Å². The normalized spacial score (nSPS) is 10.4. The summed E-state index contributed by atoms with van der Waals surface area (Å²) in [5.74, 6) is -0.298. The van der Waals surface area contributed by atoms with Gasteiger partial charge in [0.1, 0.15) is 11.6 Å². The Morgan fingerprint density at radius 2 is 1.52 bits per heavy atom. The van der Waals surface area contributed by atoms with Crippen LogP contribution in [0.3, 0.4) is 0 Å². The molecule has 0 heterocycles. The molecule has 0 aromatic heterocycles.